The number of aromatic amines is 1. The third-order valence-electron chi connectivity index (χ3n) is 3.26. The van der Waals surface area contributed by atoms with Gasteiger partial charge in [-0.15, -0.1) is 5.10 Å². The molecule has 20 heavy (non-hydrogen) atoms. The molecule has 3 rings (SSSR count). The molecule has 6 nitrogen and oxygen atoms in total. The summed E-state index contributed by atoms with van der Waals surface area (Å²) in [6, 6.07) is 7.56. The van der Waals surface area contributed by atoms with Crippen LogP contribution in [0.5, 0.6) is 5.75 Å². The minimum atomic E-state index is -0.268. The normalized spacial score (nSPS) is 14.1. The highest BCUT2D eigenvalue weighted by Crippen LogP contribution is 2.37. The molecule has 0 saturated heterocycles. The van der Waals surface area contributed by atoms with Gasteiger partial charge in [0, 0.05) is 12.5 Å². The van der Waals surface area contributed by atoms with Crippen LogP contribution >= 0.6 is 0 Å². The number of hydrogen-bond acceptors (Lipinski definition) is 4. The monoisotopic (exact) mass is 272 g/mol. The van der Waals surface area contributed by atoms with Crippen LogP contribution in [0, 0.1) is 0 Å². The van der Waals surface area contributed by atoms with E-state index in [-0.39, 0.29) is 11.7 Å². The van der Waals surface area contributed by atoms with Gasteiger partial charge in [0.05, 0.1) is 7.11 Å². The lowest BCUT2D eigenvalue weighted by atomic mass is 10.2. The Morgan fingerprint density at radius 2 is 2.35 bits per heavy atom. The van der Waals surface area contributed by atoms with Crippen LogP contribution in [0.4, 0.5) is 0 Å². The number of aromatic nitrogens is 3. The highest BCUT2D eigenvalue weighted by Gasteiger charge is 2.28. The Hall–Kier alpha value is -2.37. The van der Waals surface area contributed by atoms with Crippen LogP contribution in [0.2, 0.25) is 0 Å². The van der Waals surface area contributed by atoms with Gasteiger partial charge in [0.2, 0.25) is 5.82 Å². The van der Waals surface area contributed by atoms with Crippen molar-refractivity contribution in [2.75, 3.05) is 7.11 Å². The predicted molar refractivity (Wildman–Crippen MR) is 72.5 cm³/mol. The third-order valence-corrected chi connectivity index (χ3v) is 3.26. The lowest BCUT2D eigenvalue weighted by Gasteiger charge is -2.05. The van der Waals surface area contributed by atoms with Crippen LogP contribution in [0.3, 0.4) is 0 Å². The average Bonchev–Trinajstić information content (AvgIpc) is 3.22. The summed E-state index contributed by atoms with van der Waals surface area (Å²) >= 11 is 0. The molecule has 1 aromatic carbocycles. The number of rotatable bonds is 5. The number of ether oxygens (including phenoxy) is 1. The van der Waals surface area contributed by atoms with Crippen molar-refractivity contribution >= 4 is 5.91 Å². The van der Waals surface area contributed by atoms with E-state index >= 15 is 0 Å². The van der Waals surface area contributed by atoms with Crippen LogP contribution < -0.4 is 10.1 Å². The number of methoxy groups -OCH3 is 1. The number of carbonyl (C=O) groups is 1. The summed E-state index contributed by atoms with van der Waals surface area (Å²) in [5.41, 5.74) is 0.968. The van der Waals surface area contributed by atoms with Crippen LogP contribution in [-0.4, -0.2) is 28.2 Å². The average molecular weight is 272 g/mol. The quantitative estimate of drug-likeness (QED) is 0.866. The molecular formula is C14H16N4O2. The highest BCUT2D eigenvalue weighted by molar-refractivity contribution is 5.90. The second-order valence-corrected chi connectivity index (χ2v) is 4.85. The van der Waals surface area contributed by atoms with Gasteiger partial charge in [0.15, 0.2) is 0 Å². The third kappa shape index (κ3) is 2.79. The summed E-state index contributed by atoms with van der Waals surface area (Å²) < 4.78 is 5.14. The smallest absolute Gasteiger partial charge is 0.291 e. The Balaban J connectivity index is 1.60. The van der Waals surface area contributed by atoms with Gasteiger partial charge in [-0.3, -0.25) is 9.89 Å². The molecule has 2 aromatic rings. The summed E-state index contributed by atoms with van der Waals surface area (Å²) in [7, 11) is 1.62. The van der Waals surface area contributed by atoms with Crippen molar-refractivity contribution < 1.29 is 9.53 Å². The van der Waals surface area contributed by atoms with Gasteiger partial charge < -0.3 is 10.1 Å². The van der Waals surface area contributed by atoms with E-state index in [2.05, 4.69) is 20.5 Å². The first-order valence-electron chi connectivity index (χ1n) is 6.59. The molecule has 104 valence electrons. The lowest BCUT2D eigenvalue weighted by molar-refractivity contribution is 0.0941. The van der Waals surface area contributed by atoms with Crippen molar-refractivity contribution in [3.05, 3.63) is 41.5 Å². The Kier molecular flexibility index (Phi) is 3.37. The summed E-state index contributed by atoms with van der Waals surface area (Å²) in [6.07, 6.45) is 2.25. The van der Waals surface area contributed by atoms with E-state index in [0.29, 0.717) is 12.5 Å². The minimum Gasteiger partial charge on any atom is -0.497 e. The van der Waals surface area contributed by atoms with Gasteiger partial charge >= 0.3 is 0 Å². The summed E-state index contributed by atoms with van der Waals surface area (Å²) in [4.78, 5) is 16.2. The largest absolute Gasteiger partial charge is 0.497 e. The lowest BCUT2D eigenvalue weighted by Crippen LogP contribution is -2.24. The molecule has 0 atom stereocenters. The first kappa shape index (κ1) is 12.7. The van der Waals surface area contributed by atoms with Gasteiger partial charge in [0.25, 0.3) is 5.91 Å². The maximum atomic E-state index is 11.9. The van der Waals surface area contributed by atoms with Gasteiger partial charge in [-0.1, -0.05) is 12.1 Å². The van der Waals surface area contributed by atoms with Gasteiger partial charge in [-0.25, -0.2) is 4.98 Å². The second-order valence-electron chi connectivity index (χ2n) is 4.85. The first-order valence-corrected chi connectivity index (χ1v) is 6.59. The summed E-state index contributed by atoms with van der Waals surface area (Å²) in [5, 5.41) is 9.57. The van der Waals surface area contributed by atoms with Crippen molar-refractivity contribution in [3.8, 4) is 5.75 Å². The molecule has 0 radical (unpaired) electrons. The second kappa shape index (κ2) is 5.32. The maximum absolute atomic E-state index is 11.9. The number of nitrogens with zero attached hydrogens (tertiary/aromatic N) is 2. The molecule has 1 amide bonds. The minimum absolute atomic E-state index is 0.204. The van der Waals surface area contributed by atoms with Gasteiger partial charge in [-0.05, 0) is 30.5 Å². The van der Waals surface area contributed by atoms with E-state index in [9.17, 15) is 4.79 Å². The van der Waals surface area contributed by atoms with Crippen LogP contribution in [0.25, 0.3) is 0 Å². The molecule has 6 heteroatoms. The summed E-state index contributed by atoms with van der Waals surface area (Å²) in [6.45, 7) is 0.420. The Morgan fingerprint density at radius 1 is 1.50 bits per heavy atom. The van der Waals surface area contributed by atoms with E-state index in [1.807, 2.05) is 24.3 Å². The van der Waals surface area contributed by atoms with Crippen molar-refractivity contribution in [1.29, 1.82) is 0 Å². The zero-order valence-electron chi connectivity index (χ0n) is 11.2. The van der Waals surface area contributed by atoms with Crippen molar-refractivity contribution in [3.63, 3.8) is 0 Å². The number of nitrogens with one attached hydrogen (secondary N) is 2. The van der Waals surface area contributed by atoms with Crippen molar-refractivity contribution in [2.24, 2.45) is 0 Å². The van der Waals surface area contributed by atoms with E-state index in [0.717, 1.165) is 30.0 Å². The SMILES string of the molecule is COc1cccc(CNC(=O)c2n[nH]c(C3CC3)n2)c1. The number of amides is 1. The topological polar surface area (TPSA) is 79.9 Å². The van der Waals surface area contributed by atoms with Crippen molar-refractivity contribution in [2.45, 2.75) is 25.3 Å². The van der Waals surface area contributed by atoms with Crippen LogP contribution in [-0.2, 0) is 6.54 Å². The molecule has 1 heterocycles. The Morgan fingerprint density at radius 3 is 3.10 bits per heavy atom. The Labute approximate surface area is 116 Å². The molecule has 1 aromatic heterocycles. The molecule has 0 bridgehead atoms. The molecule has 1 aliphatic rings. The first-order chi connectivity index (χ1) is 9.76. The zero-order chi connectivity index (χ0) is 13.9. The zero-order valence-corrected chi connectivity index (χ0v) is 11.2. The van der Waals surface area contributed by atoms with E-state index in [1.165, 1.54) is 0 Å². The van der Waals surface area contributed by atoms with Crippen LogP contribution in [0.15, 0.2) is 24.3 Å². The number of hydrogen-bond donors (Lipinski definition) is 2. The molecule has 0 unspecified atom stereocenters. The van der Waals surface area contributed by atoms with Crippen LogP contribution in [0.1, 0.15) is 40.8 Å². The van der Waals surface area contributed by atoms with Crippen molar-refractivity contribution in [1.82, 2.24) is 20.5 Å². The van der Waals surface area contributed by atoms with E-state index < -0.39 is 0 Å². The fourth-order valence-corrected chi connectivity index (χ4v) is 1.96. The number of benzene rings is 1. The number of carbonyl (C=O) groups excluding carboxylic acids is 1. The highest BCUT2D eigenvalue weighted by atomic mass is 16.5. The maximum Gasteiger partial charge on any atom is 0.291 e. The summed E-state index contributed by atoms with van der Waals surface area (Å²) in [5.74, 6) is 1.98. The fraction of sp³-hybridized carbons (Fsp3) is 0.357. The fourth-order valence-electron chi connectivity index (χ4n) is 1.96. The van der Waals surface area contributed by atoms with Gasteiger partial charge in [0.1, 0.15) is 11.6 Å². The Bertz CT molecular complexity index is 619. The van der Waals surface area contributed by atoms with E-state index in [4.69, 9.17) is 4.74 Å². The molecular weight excluding hydrogens is 256 g/mol. The predicted octanol–water partition coefficient (Wildman–Crippen LogP) is 1.62. The van der Waals surface area contributed by atoms with Gasteiger partial charge in [-0.2, -0.15) is 0 Å². The molecule has 1 fully saturated rings. The van der Waals surface area contributed by atoms with E-state index in [1.54, 1.807) is 7.11 Å². The molecule has 1 saturated carbocycles. The molecule has 1 aliphatic carbocycles. The standard InChI is InChI=1S/C14H16N4O2/c1-20-11-4-2-3-9(7-11)8-15-14(19)13-16-12(17-18-13)10-5-6-10/h2-4,7,10H,5-6,8H2,1H3,(H,15,19)(H,16,17,18). The molecule has 2 N–H and O–H groups in total. The molecule has 0 spiro atoms. The number of H-pyrrole nitrogens is 1. The molecule has 0 aliphatic heterocycles.